The fourth-order valence-electron chi connectivity index (χ4n) is 1.41. The molecule has 1 aromatic heterocycles. The number of amides is 1. The molecule has 1 heterocycles. The third-order valence-electron chi connectivity index (χ3n) is 2.48. The Labute approximate surface area is 103 Å². The predicted molar refractivity (Wildman–Crippen MR) is 60.5 cm³/mol. The summed E-state index contributed by atoms with van der Waals surface area (Å²) in [5, 5.41) is 21.7. The largest absolute Gasteiger partial charge is 0.480 e. The van der Waals surface area contributed by atoms with Gasteiger partial charge in [0.05, 0.1) is 19.3 Å². The van der Waals surface area contributed by atoms with Crippen LogP contribution in [0.25, 0.3) is 0 Å². The summed E-state index contributed by atoms with van der Waals surface area (Å²) in [5.74, 6) is -1.08. The fraction of sp³-hybridized carbons (Fsp3) is 0.600. The molecule has 0 saturated heterocycles. The van der Waals surface area contributed by atoms with Crippen molar-refractivity contribution in [1.82, 2.24) is 25.6 Å². The first kappa shape index (κ1) is 12.5. The number of nitrogens with zero attached hydrogens (tertiary/aromatic N) is 3. The van der Waals surface area contributed by atoms with E-state index in [9.17, 15) is 9.59 Å². The van der Waals surface area contributed by atoms with Gasteiger partial charge in [0.2, 0.25) is 5.91 Å². The van der Waals surface area contributed by atoms with Gasteiger partial charge in [-0.2, -0.15) is 0 Å². The first-order valence-corrected chi connectivity index (χ1v) is 5.74. The third-order valence-corrected chi connectivity index (χ3v) is 2.48. The SMILES string of the molecule is O=C(O)Cn1cc(CNC(=O)CNC2CC2)nn1. The predicted octanol–water partition coefficient (Wildman–Crippen LogP) is -1.27. The van der Waals surface area contributed by atoms with E-state index in [2.05, 4.69) is 20.9 Å². The summed E-state index contributed by atoms with van der Waals surface area (Å²) >= 11 is 0. The lowest BCUT2D eigenvalue weighted by Crippen LogP contribution is -2.34. The molecular weight excluding hydrogens is 238 g/mol. The molecule has 8 nitrogen and oxygen atoms in total. The molecule has 0 bridgehead atoms. The summed E-state index contributed by atoms with van der Waals surface area (Å²) in [5.41, 5.74) is 0.538. The Kier molecular flexibility index (Phi) is 3.88. The quantitative estimate of drug-likeness (QED) is 0.559. The summed E-state index contributed by atoms with van der Waals surface area (Å²) in [4.78, 5) is 21.8. The van der Waals surface area contributed by atoms with Gasteiger partial charge in [-0.1, -0.05) is 5.21 Å². The van der Waals surface area contributed by atoms with Crippen LogP contribution in [-0.4, -0.2) is 44.6 Å². The molecule has 1 saturated carbocycles. The smallest absolute Gasteiger partial charge is 0.325 e. The first-order valence-electron chi connectivity index (χ1n) is 5.74. The molecule has 0 unspecified atom stereocenters. The molecule has 0 spiro atoms. The van der Waals surface area contributed by atoms with Crippen molar-refractivity contribution in [3.8, 4) is 0 Å². The highest BCUT2D eigenvalue weighted by Crippen LogP contribution is 2.17. The maximum absolute atomic E-state index is 11.4. The number of aliphatic carboxylic acids is 1. The van der Waals surface area contributed by atoms with Crippen molar-refractivity contribution in [3.63, 3.8) is 0 Å². The normalized spacial score (nSPS) is 14.4. The summed E-state index contributed by atoms with van der Waals surface area (Å²) in [6, 6.07) is 0.493. The van der Waals surface area contributed by atoms with Crippen LogP contribution in [0.3, 0.4) is 0 Å². The Balaban J connectivity index is 1.69. The van der Waals surface area contributed by atoms with Crippen LogP contribution in [0, 0.1) is 0 Å². The first-order chi connectivity index (χ1) is 8.63. The Morgan fingerprint density at radius 2 is 2.28 bits per heavy atom. The minimum atomic E-state index is -0.982. The van der Waals surface area contributed by atoms with Crippen LogP contribution in [-0.2, 0) is 22.7 Å². The Bertz CT molecular complexity index is 440. The molecule has 8 heteroatoms. The molecule has 18 heavy (non-hydrogen) atoms. The van der Waals surface area contributed by atoms with E-state index in [0.29, 0.717) is 18.3 Å². The van der Waals surface area contributed by atoms with E-state index >= 15 is 0 Å². The third kappa shape index (κ3) is 4.13. The van der Waals surface area contributed by atoms with Crippen molar-refractivity contribution < 1.29 is 14.7 Å². The van der Waals surface area contributed by atoms with Gasteiger partial charge in [0, 0.05) is 6.04 Å². The number of carbonyl (C=O) groups excluding carboxylic acids is 1. The van der Waals surface area contributed by atoms with Crippen LogP contribution in [0.1, 0.15) is 18.5 Å². The molecule has 0 aliphatic heterocycles. The van der Waals surface area contributed by atoms with Gasteiger partial charge in [-0.15, -0.1) is 5.10 Å². The summed E-state index contributed by atoms with van der Waals surface area (Å²) in [7, 11) is 0. The molecule has 98 valence electrons. The Hall–Kier alpha value is -1.96. The second kappa shape index (κ2) is 5.58. The number of aromatic nitrogens is 3. The van der Waals surface area contributed by atoms with E-state index in [1.54, 1.807) is 0 Å². The van der Waals surface area contributed by atoms with Crippen molar-refractivity contribution in [2.45, 2.75) is 32.0 Å². The topological polar surface area (TPSA) is 109 Å². The number of carbonyl (C=O) groups is 2. The van der Waals surface area contributed by atoms with Gasteiger partial charge in [-0.3, -0.25) is 9.59 Å². The van der Waals surface area contributed by atoms with E-state index in [-0.39, 0.29) is 19.0 Å². The molecule has 3 N–H and O–H groups in total. The van der Waals surface area contributed by atoms with E-state index in [4.69, 9.17) is 5.11 Å². The summed E-state index contributed by atoms with van der Waals surface area (Å²) < 4.78 is 1.21. The van der Waals surface area contributed by atoms with Gasteiger partial charge in [0.15, 0.2) is 0 Å². The number of hydrogen-bond donors (Lipinski definition) is 3. The number of rotatable bonds is 7. The molecule has 1 aliphatic carbocycles. The second-order valence-electron chi connectivity index (χ2n) is 4.23. The molecule has 1 amide bonds. The van der Waals surface area contributed by atoms with Crippen LogP contribution < -0.4 is 10.6 Å². The maximum atomic E-state index is 11.4. The lowest BCUT2D eigenvalue weighted by Gasteiger charge is -2.03. The minimum Gasteiger partial charge on any atom is -0.480 e. The zero-order chi connectivity index (χ0) is 13.0. The fourth-order valence-corrected chi connectivity index (χ4v) is 1.41. The highest BCUT2D eigenvalue weighted by atomic mass is 16.4. The van der Waals surface area contributed by atoms with E-state index in [0.717, 1.165) is 12.8 Å². The molecule has 0 atom stereocenters. The van der Waals surface area contributed by atoms with Crippen molar-refractivity contribution in [3.05, 3.63) is 11.9 Å². The van der Waals surface area contributed by atoms with Crippen LogP contribution in [0.4, 0.5) is 0 Å². The van der Waals surface area contributed by atoms with Crippen LogP contribution >= 0.6 is 0 Å². The average molecular weight is 253 g/mol. The lowest BCUT2D eigenvalue weighted by atomic mass is 10.4. The van der Waals surface area contributed by atoms with E-state index < -0.39 is 5.97 Å². The lowest BCUT2D eigenvalue weighted by molar-refractivity contribution is -0.138. The molecule has 2 rings (SSSR count). The molecule has 1 aliphatic rings. The van der Waals surface area contributed by atoms with Crippen molar-refractivity contribution in [2.24, 2.45) is 0 Å². The van der Waals surface area contributed by atoms with Crippen LogP contribution in [0.2, 0.25) is 0 Å². The zero-order valence-corrected chi connectivity index (χ0v) is 9.80. The van der Waals surface area contributed by atoms with Gasteiger partial charge in [-0.25, -0.2) is 4.68 Å². The summed E-state index contributed by atoms with van der Waals surface area (Å²) in [6.45, 7) is 0.322. The number of carboxylic acid groups (broad SMARTS) is 1. The highest BCUT2D eigenvalue weighted by Gasteiger charge is 2.21. The Morgan fingerprint density at radius 1 is 1.50 bits per heavy atom. The Morgan fingerprint density at radius 3 is 2.94 bits per heavy atom. The van der Waals surface area contributed by atoms with Gasteiger partial charge < -0.3 is 15.7 Å². The van der Waals surface area contributed by atoms with Crippen molar-refractivity contribution in [2.75, 3.05) is 6.54 Å². The summed E-state index contributed by atoms with van der Waals surface area (Å²) in [6.07, 6.45) is 3.77. The van der Waals surface area contributed by atoms with Gasteiger partial charge in [0.25, 0.3) is 0 Å². The van der Waals surface area contributed by atoms with Gasteiger partial charge in [0.1, 0.15) is 12.2 Å². The highest BCUT2D eigenvalue weighted by molar-refractivity contribution is 5.78. The van der Waals surface area contributed by atoms with Crippen molar-refractivity contribution >= 4 is 11.9 Å². The number of nitrogens with one attached hydrogen (secondary N) is 2. The molecule has 0 radical (unpaired) electrons. The molecular formula is C10H15N5O3. The molecule has 0 aromatic carbocycles. The van der Waals surface area contributed by atoms with Gasteiger partial charge >= 0.3 is 5.97 Å². The van der Waals surface area contributed by atoms with Crippen molar-refractivity contribution in [1.29, 1.82) is 0 Å². The van der Waals surface area contributed by atoms with E-state index in [1.807, 2.05) is 0 Å². The standard InChI is InChI=1S/C10H15N5O3/c16-9(4-11-7-1-2-7)12-3-8-5-15(14-13-8)6-10(17)18/h5,7,11H,1-4,6H2,(H,12,16)(H,17,18). The van der Waals surface area contributed by atoms with Gasteiger partial charge in [-0.05, 0) is 12.8 Å². The monoisotopic (exact) mass is 253 g/mol. The molecule has 1 aromatic rings. The average Bonchev–Trinajstić information content (AvgIpc) is 3.04. The second-order valence-corrected chi connectivity index (χ2v) is 4.23. The van der Waals surface area contributed by atoms with E-state index in [1.165, 1.54) is 10.9 Å². The zero-order valence-electron chi connectivity index (χ0n) is 9.80. The molecule has 1 fully saturated rings. The minimum absolute atomic E-state index is 0.102. The van der Waals surface area contributed by atoms with Crippen LogP contribution in [0.5, 0.6) is 0 Å². The van der Waals surface area contributed by atoms with Crippen LogP contribution in [0.15, 0.2) is 6.20 Å². The maximum Gasteiger partial charge on any atom is 0.325 e. The number of carboxylic acids is 1. The number of hydrogen-bond acceptors (Lipinski definition) is 5.